The second-order valence-corrected chi connectivity index (χ2v) is 5.02. The highest BCUT2D eigenvalue weighted by Gasteiger charge is 2.14. The molecule has 0 rings (SSSR count). The third-order valence-corrected chi connectivity index (χ3v) is 2.60. The maximum Gasteiger partial charge on any atom is 0.384 e. The molecule has 6 nitrogen and oxygen atoms in total. The Kier molecular flexibility index (Phi) is 3.92. The van der Waals surface area contributed by atoms with Crippen molar-refractivity contribution >= 4 is 24.1 Å². The van der Waals surface area contributed by atoms with Crippen LogP contribution in [0, 0.1) is 5.21 Å². The topological polar surface area (TPSA) is 110 Å². The van der Waals surface area contributed by atoms with E-state index in [0.717, 1.165) is 5.48 Å². The van der Waals surface area contributed by atoms with Crippen LogP contribution in [0.25, 0.3) is 0 Å². The number of rotatable bonds is 3. The van der Waals surface area contributed by atoms with E-state index in [1.54, 1.807) is 0 Å². The van der Waals surface area contributed by atoms with Crippen LogP contribution < -0.4 is 5.48 Å². The van der Waals surface area contributed by atoms with Crippen molar-refractivity contribution in [3.8, 4) is 0 Å². The monoisotopic (exact) mass is 186 g/mol. The number of carbonyl (C=O) groups is 1. The summed E-state index contributed by atoms with van der Waals surface area (Å²) in [6, 6.07) is 0. The molecule has 0 saturated heterocycles. The number of amides is 1. The maximum atomic E-state index is 10.1. The SMILES string of the molecule is O=C(CSP(=O)(O)O)N[O-]. The van der Waals surface area contributed by atoms with Gasteiger partial charge in [-0.05, 0) is 11.4 Å². The first-order chi connectivity index (χ1) is 4.45. The largest absolute Gasteiger partial charge is 0.759 e. The molecule has 0 saturated carbocycles. The third-order valence-electron chi connectivity index (χ3n) is 0.478. The van der Waals surface area contributed by atoms with Gasteiger partial charge in [-0.25, -0.2) is 4.57 Å². The van der Waals surface area contributed by atoms with Crippen molar-refractivity contribution < 1.29 is 19.1 Å². The highest BCUT2D eigenvalue weighted by Crippen LogP contribution is 2.49. The average Bonchev–Trinajstić information content (AvgIpc) is 1.81. The number of hydrogen-bond donors (Lipinski definition) is 3. The summed E-state index contributed by atoms with van der Waals surface area (Å²) in [6.07, 6.45) is 0. The molecule has 0 heterocycles. The molecule has 8 heteroatoms. The van der Waals surface area contributed by atoms with Crippen molar-refractivity contribution in [2.45, 2.75) is 0 Å². The van der Waals surface area contributed by atoms with Crippen LogP contribution in [0.5, 0.6) is 0 Å². The Morgan fingerprint density at radius 1 is 1.70 bits per heavy atom. The van der Waals surface area contributed by atoms with Crippen LogP contribution in [-0.2, 0) is 9.36 Å². The fraction of sp³-hybridized carbons (Fsp3) is 0.500. The Morgan fingerprint density at radius 2 is 2.20 bits per heavy atom. The molecule has 0 aromatic heterocycles. The molecule has 0 bridgehead atoms. The summed E-state index contributed by atoms with van der Waals surface area (Å²) < 4.78 is 10.0. The summed E-state index contributed by atoms with van der Waals surface area (Å²) in [7, 11) is 0. The van der Waals surface area contributed by atoms with E-state index in [1.807, 2.05) is 0 Å². The van der Waals surface area contributed by atoms with Crippen molar-refractivity contribution in [2.24, 2.45) is 0 Å². The maximum absolute atomic E-state index is 10.1. The zero-order valence-electron chi connectivity index (χ0n) is 4.68. The number of nitrogens with one attached hydrogen (secondary N) is 1. The number of carbonyl (C=O) groups excluding carboxylic acids is 1. The fourth-order valence-corrected chi connectivity index (χ4v) is 1.37. The smallest absolute Gasteiger partial charge is 0.384 e. The van der Waals surface area contributed by atoms with E-state index in [-0.39, 0.29) is 11.4 Å². The minimum absolute atomic E-state index is 0.121. The van der Waals surface area contributed by atoms with Gasteiger partial charge in [0.1, 0.15) is 0 Å². The predicted octanol–water partition coefficient (Wildman–Crippen LogP) is -0.574. The van der Waals surface area contributed by atoms with Gasteiger partial charge in [-0.2, -0.15) is 0 Å². The van der Waals surface area contributed by atoms with E-state index in [2.05, 4.69) is 0 Å². The Hall–Kier alpha value is -0.0700. The highest BCUT2D eigenvalue weighted by molar-refractivity contribution is 8.54. The van der Waals surface area contributed by atoms with Crippen LogP contribution in [0.2, 0.25) is 0 Å². The first-order valence-electron chi connectivity index (χ1n) is 2.07. The van der Waals surface area contributed by atoms with Crippen molar-refractivity contribution in [2.75, 3.05) is 5.75 Å². The zero-order chi connectivity index (χ0) is 8.20. The van der Waals surface area contributed by atoms with Crippen LogP contribution in [0.3, 0.4) is 0 Å². The number of hydrogen-bond acceptors (Lipinski definition) is 4. The summed E-state index contributed by atoms with van der Waals surface area (Å²) in [5.41, 5.74) is 0.984. The van der Waals surface area contributed by atoms with Crippen molar-refractivity contribution in [1.29, 1.82) is 0 Å². The Morgan fingerprint density at radius 3 is 2.50 bits per heavy atom. The summed E-state index contributed by atoms with van der Waals surface area (Å²) in [5.74, 6) is -1.47. The molecule has 1 amide bonds. The Bertz CT molecular complexity index is 165. The lowest BCUT2D eigenvalue weighted by molar-refractivity contribution is -0.117. The van der Waals surface area contributed by atoms with E-state index in [0.29, 0.717) is 0 Å². The van der Waals surface area contributed by atoms with E-state index >= 15 is 0 Å². The van der Waals surface area contributed by atoms with Crippen LogP contribution in [0.1, 0.15) is 0 Å². The predicted molar refractivity (Wildman–Crippen MR) is 36.0 cm³/mol. The van der Waals surface area contributed by atoms with E-state index < -0.39 is 18.5 Å². The second-order valence-electron chi connectivity index (χ2n) is 1.29. The molecule has 0 atom stereocenters. The molecule has 0 aromatic carbocycles. The van der Waals surface area contributed by atoms with Gasteiger partial charge in [-0.1, -0.05) is 0 Å². The molecule has 0 radical (unpaired) electrons. The molecule has 10 heavy (non-hydrogen) atoms. The molecule has 0 unspecified atom stereocenters. The minimum atomic E-state index is -4.22. The summed E-state index contributed by atoms with van der Waals surface area (Å²) in [4.78, 5) is 26.4. The summed E-state index contributed by atoms with van der Waals surface area (Å²) in [6.45, 7) is -4.22. The molecule has 0 spiro atoms. The van der Waals surface area contributed by atoms with Gasteiger partial charge in [0.05, 0.1) is 5.75 Å². The van der Waals surface area contributed by atoms with E-state index in [1.165, 1.54) is 0 Å². The summed E-state index contributed by atoms with van der Waals surface area (Å²) >= 11 is 0.121. The highest BCUT2D eigenvalue weighted by atomic mass is 32.7. The van der Waals surface area contributed by atoms with Crippen LogP contribution in [0.15, 0.2) is 0 Å². The molecule has 0 fully saturated rings. The van der Waals surface area contributed by atoms with Crippen LogP contribution in [-0.4, -0.2) is 21.4 Å². The van der Waals surface area contributed by atoms with Crippen LogP contribution in [0.4, 0.5) is 0 Å². The molecule has 0 aliphatic heterocycles. The number of hydroxylamine groups is 1. The quantitative estimate of drug-likeness (QED) is 0.402. The van der Waals surface area contributed by atoms with Gasteiger partial charge in [0.15, 0.2) is 0 Å². The molecule has 0 aliphatic rings. The van der Waals surface area contributed by atoms with Crippen molar-refractivity contribution in [1.82, 2.24) is 5.48 Å². The van der Waals surface area contributed by atoms with Gasteiger partial charge in [-0.15, -0.1) is 0 Å². The lowest BCUT2D eigenvalue weighted by Gasteiger charge is -2.06. The van der Waals surface area contributed by atoms with E-state index in [9.17, 15) is 14.6 Å². The van der Waals surface area contributed by atoms with Crippen molar-refractivity contribution in [3.63, 3.8) is 0 Å². The molecular weight excluding hydrogens is 181 g/mol. The van der Waals surface area contributed by atoms with Gasteiger partial charge < -0.3 is 20.5 Å². The third kappa shape index (κ3) is 6.06. The average molecular weight is 186 g/mol. The molecule has 0 aromatic rings. The lowest BCUT2D eigenvalue weighted by atomic mass is 10.8. The van der Waals surface area contributed by atoms with Crippen LogP contribution >= 0.6 is 18.2 Å². The Labute approximate surface area is 60.5 Å². The standard InChI is InChI=1S/C2H5NO5PS/c4-2(3-5)1-10-9(6,7)8/h1H2,(H3-,3,4,5,6,7,8)/q-1. The molecular formula is C2H5NO5PS-. The normalized spacial score (nSPS) is 11.1. The van der Waals surface area contributed by atoms with Gasteiger partial charge >= 0.3 is 6.80 Å². The van der Waals surface area contributed by atoms with Gasteiger partial charge in [-0.3, -0.25) is 4.79 Å². The van der Waals surface area contributed by atoms with Crippen molar-refractivity contribution in [3.05, 3.63) is 5.21 Å². The van der Waals surface area contributed by atoms with Gasteiger partial charge in [0.25, 0.3) is 0 Å². The van der Waals surface area contributed by atoms with Gasteiger partial charge in [0.2, 0.25) is 5.91 Å². The molecule has 60 valence electrons. The lowest BCUT2D eigenvalue weighted by Crippen LogP contribution is -2.17. The van der Waals surface area contributed by atoms with E-state index in [4.69, 9.17) is 9.79 Å². The fourth-order valence-electron chi connectivity index (χ4n) is 0.172. The summed E-state index contributed by atoms with van der Waals surface area (Å²) in [5, 5.41) is 9.48. The zero-order valence-corrected chi connectivity index (χ0v) is 6.39. The first kappa shape index (κ1) is 9.93. The molecule has 3 N–H and O–H groups in total. The molecule has 0 aliphatic carbocycles. The minimum Gasteiger partial charge on any atom is -0.759 e. The Balaban J connectivity index is 3.56. The first-order valence-corrected chi connectivity index (χ1v) is 5.27. The van der Waals surface area contributed by atoms with Gasteiger partial charge in [0, 0.05) is 0 Å². The second kappa shape index (κ2) is 3.95.